The number of pyridine rings is 1. The molecule has 4 heterocycles. The molecule has 0 radical (unpaired) electrons. The van der Waals surface area contributed by atoms with Gasteiger partial charge in [-0.3, -0.25) is 14.4 Å². The van der Waals surface area contributed by atoms with Gasteiger partial charge in [-0.1, -0.05) is 32.4 Å². The Hall–Kier alpha value is -3.59. The Bertz CT molecular complexity index is 2390. The monoisotopic (exact) mass is 1140 g/mol. The molecular formula is C56H91ClN4O18. The highest BCUT2D eigenvalue weighted by molar-refractivity contribution is 6.34. The number of esters is 2. The van der Waals surface area contributed by atoms with Crippen LogP contribution in [0.1, 0.15) is 119 Å². The van der Waals surface area contributed by atoms with Gasteiger partial charge < -0.3 is 88.3 Å². The van der Waals surface area contributed by atoms with Gasteiger partial charge in [-0.25, -0.2) is 4.79 Å². The fourth-order valence-corrected chi connectivity index (χ4v) is 11.9. The van der Waals surface area contributed by atoms with Crippen LogP contribution in [0.15, 0.2) is 23.1 Å². The second-order valence-electron chi connectivity index (χ2n) is 22.7. The number of carbonyl (C=O) groups excluding carboxylic acids is 2. The first-order valence-corrected chi connectivity index (χ1v) is 28.2. The molecule has 2 aromatic rings. The Balaban J connectivity index is 1.26. The third-order valence-corrected chi connectivity index (χ3v) is 16.6. The molecule has 0 bridgehead atoms. The number of rotatable bonds is 20. The standard InChI is InChI=1S/C56H91ClN4O18/c1-15-42-56(11,70)48(65)34(7)60(13)28-30(3)26-54(9,69)49(79-53-46(64)40(58-12)23-31(4)74-53)32(5)47(33(6)52(68)76-42)78-44-27-55(10,71-14)50(35(8)75-44)77-43(62)17-19-72-21-22-73-20-18-59-39-24-36-41(25-38(39)57)61(16-2)29-37(45(36)63)51(66)67/h24-25,29-35,40,42,44,46-50,53,58-59,64-65,69-70H,15-23,26-28H2,1-14H3,(H,66,67)/t30-,31-,32+,33-,34-,35+,40+,42-,44+,46-,47+,48-,49-,50+,53+,54-,55-,56-/m1/s1. The number of likely N-dealkylation sites (N-methyl/N-ethyl adjacent to an activating group) is 2. The number of anilines is 1. The summed E-state index contributed by atoms with van der Waals surface area (Å²) in [5.41, 5.74) is -4.66. The van der Waals surface area contributed by atoms with E-state index < -0.39 is 113 Å². The van der Waals surface area contributed by atoms with Crippen molar-refractivity contribution in [3.05, 3.63) is 39.1 Å². The Kier molecular flexibility index (Phi) is 24.0. The molecule has 0 aliphatic carbocycles. The Morgan fingerprint density at radius 2 is 1.59 bits per heavy atom. The van der Waals surface area contributed by atoms with Crippen molar-refractivity contribution < 1.29 is 82.5 Å². The number of cyclic esters (lactones) is 1. The van der Waals surface area contributed by atoms with Crippen LogP contribution in [0.5, 0.6) is 0 Å². The number of aliphatic hydroxyl groups is 4. The van der Waals surface area contributed by atoms with Crippen molar-refractivity contribution in [1.82, 2.24) is 14.8 Å². The lowest BCUT2D eigenvalue weighted by Crippen LogP contribution is -2.61. The zero-order chi connectivity index (χ0) is 58.9. The van der Waals surface area contributed by atoms with Crippen molar-refractivity contribution in [2.75, 3.05) is 66.0 Å². The van der Waals surface area contributed by atoms with Crippen LogP contribution in [0.25, 0.3) is 10.9 Å². The molecule has 5 rings (SSSR count). The van der Waals surface area contributed by atoms with Crippen molar-refractivity contribution in [3.63, 3.8) is 0 Å². The number of ether oxygens (including phenoxy) is 9. The molecule has 450 valence electrons. The minimum absolute atomic E-state index is 0.0181. The highest BCUT2D eigenvalue weighted by Gasteiger charge is 2.53. The van der Waals surface area contributed by atoms with Crippen LogP contribution in [-0.4, -0.2) is 204 Å². The first-order chi connectivity index (χ1) is 37.0. The number of aryl methyl sites for hydroxylation is 1. The lowest BCUT2D eigenvalue weighted by Gasteiger charge is -2.49. The van der Waals surface area contributed by atoms with Crippen LogP contribution in [0.2, 0.25) is 5.02 Å². The van der Waals surface area contributed by atoms with Gasteiger partial charge in [0.15, 0.2) is 18.7 Å². The van der Waals surface area contributed by atoms with E-state index in [1.807, 2.05) is 32.7 Å². The van der Waals surface area contributed by atoms with E-state index >= 15 is 0 Å². The number of hydrogen-bond acceptors (Lipinski definition) is 20. The molecule has 3 aliphatic rings. The Morgan fingerprint density at radius 3 is 2.22 bits per heavy atom. The first-order valence-electron chi connectivity index (χ1n) is 27.8. The number of benzene rings is 1. The fourth-order valence-electron chi connectivity index (χ4n) is 11.6. The summed E-state index contributed by atoms with van der Waals surface area (Å²) in [6, 6.07) is 2.18. The molecule has 3 fully saturated rings. The highest BCUT2D eigenvalue weighted by Crippen LogP contribution is 2.41. The topological polar surface area (TPSA) is 285 Å². The third kappa shape index (κ3) is 16.2. The summed E-state index contributed by atoms with van der Waals surface area (Å²) in [6.07, 6.45) is -8.09. The third-order valence-electron chi connectivity index (χ3n) is 16.3. The van der Waals surface area contributed by atoms with Crippen molar-refractivity contribution in [1.29, 1.82) is 0 Å². The summed E-state index contributed by atoms with van der Waals surface area (Å²) < 4.78 is 57.5. The van der Waals surface area contributed by atoms with Crippen LogP contribution in [0.3, 0.4) is 0 Å². The SMILES string of the molecule is CC[C@H]1OC(=O)[C@H](C)[C@@H](O[C@H]2C[C@@](C)(OC)[C@@H](OC(=O)CCOCCOCCNc3cc4c(=O)c(C(=O)O)cn(CC)c4cc3Cl)[C@H](C)O2)[C@H](C)[C@@H](O[C@@H]2O[C@H](C)C[C@H](NC)[C@H]2O)[C@](C)(O)C[C@@H](C)CN(C)[C@H](C)[C@@H](O)[C@]1(C)O. The van der Waals surface area contributed by atoms with Gasteiger partial charge >= 0.3 is 17.9 Å². The fraction of sp³-hybridized carbons (Fsp3) is 0.786. The van der Waals surface area contributed by atoms with Gasteiger partial charge in [0.25, 0.3) is 0 Å². The van der Waals surface area contributed by atoms with Crippen molar-refractivity contribution in [3.8, 4) is 0 Å². The van der Waals surface area contributed by atoms with Gasteiger partial charge in [-0.2, -0.15) is 0 Å². The van der Waals surface area contributed by atoms with Crippen molar-refractivity contribution in [2.24, 2.45) is 17.8 Å². The van der Waals surface area contributed by atoms with Crippen LogP contribution in [0.4, 0.5) is 5.69 Å². The number of methoxy groups -OCH3 is 1. The lowest BCUT2D eigenvalue weighted by molar-refractivity contribution is -0.317. The zero-order valence-corrected chi connectivity index (χ0v) is 49.4. The summed E-state index contributed by atoms with van der Waals surface area (Å²) >= 11 is 6.51. The number of hydrogen-bond donors (Lipinski definition) is 7. The highest BCUT2D eigenvalue weighted by atomic mass is 35.5. The number of aromatic carboxylic acids is 1. The largest absolute Gasteiger partial charge is 0.477 e. The quantitative estimate of drug-likeness (QED) is 0.0717. The smallest absolute Gasteiger partial charge is 0.341 e. The Labute approximate surface area is 469 Å². The number of nitrogens with zero attached hydrogens (tertiary/aromatic N) is 2. The molecule has 1 aromatic carbocycles. The summed E-state index contributed by atoms with van der Waals surface area (Å²) in [6.45, 7) is 21.0. The van der Waals surface area contributed by atoms with Crippen molar-refractivity contribution in [2.45, 2.75) is 205 Å². The number of carboxylic acid groups (broad SMARTS) is 1. The molecule has 18 atom stereocenters. The molecule has 22 nitrogen and oxygen atoms in total. The van der Waals surface area contributed by atoms with Gasteiger partial charge in [0.1, 0.15) is 35.1 Å². The number of fused-ring (bicyclic) bond motifs is 1. The maximum absolute atomic E-state index is 14.5. The van der Waals surface area contributed by atoms with E-state index in [1.165, 1.54) is 26.3 Å². The van der Waals surface area contributed by atoms with Crippen molar-refractivity contribution >= 4 is 46.1 Å². The summed E-state index contributed by atoms with van der Waals surface area (Å²) in [4.78, 5) is 54.4. The van der Waals surface area contributed by atoms with E-state index in [9.17, 15) is 44.7 Å². The maximum Gasteiger partial charge on any atom is 0.341 e. The molecule has 1 aromatic heterocycles. The van der Waals surface area contributed by atoms with E-state index in [1.54, 1.807) is 66.1 Å². The molecule has 23 heteroatoms. The van der Waals surface area contributed by atoms with Gasteiger partial charge in [-0.15, -0.1) is 0 Å². The predicted octanol–water partition coefficient (Wildman–Crippen LogP) is 4.33. The van der Waals surface area contributed by atoms with E-state index in [2.05, 4.69) is 10.6 Å². The number of aliphatic hydroxyl groups excluding tert-OH is 2. The molecule has 7 N–H and O–H groups in total. The molecule has 0 spiro atoms. The van der Waals surface area contributed by atoms with Gasteiger partial charge in [0, 0.05) is 62.7 Å². The number of carbonyl (C=O) groups is 3. The number of carboxylic acids is 1. The van der Waals surface area contributed by atoms with E-state index in [-0.39, 0.29) is 81.1 Å². The second kappa shape index (κ2) is 28.6. The molecule has 3 saturated heterocycles. The van der Waals surface area contributed by atoms with Gasteiger partial charge in [0.05, 0.1) is 85.0 Å². The number of nitrogens with one attached hydrogen (secondary N) is 2. The van der Waals surface area contributed by atoms with E-state index in [4.69, 9.17) is 54.2 Å². The summed E-state index contributed by atoms with van der Waals surface area (Å²) in [5, 5.41) is 64.2. The average molecular weight is 1140 g/mol. The number of aromatic nitrogens is 1. The number of halogens is 1. The maximum atomic E-state index is 14.5. The minimum atomic E-state index is -1.87. The summed E-state index contributed by atoms with van der Waals surface area (Å²) in [5.74, 6) is -4.80. The molecule has 0 unspecified atom stereocenters. The zero-order valence-electron chi connectivity index (χ0n) is 48.7. The minimum Gasteiger partial charge on any atom is -0.477 e. The molecule has 3 aliphatic heterocycles. The van der Waals surface area contributed by atoms with Crippen LogP contribution in [0, 0.1) is 17.8 Å². The Morgan fingerprint density at radius 1 is 0.924 bits per heavy atom. The van der Waals surface area contributed by atoms with E-state index in [0.29, 0.717) is 42.3 Å². The van der Waals surface area contributed by atoms with Gasteiger partial charge in [0.2, 0.25) is 5.43 Å². The summed E-state index contributed by atoms with van der Waals surface area (Å²) in [7, 11) is 5.04. The normalized spacial score (nSPS) is 36.5. The molecular weight excluding hydrogens is 1050 g/mol. The first kappa shape index (κ1) is 66.2. The average Bonchev–Trinajstić information content (AvgIpc) is 3.44. The molecule has 0 amide bonds. The molecule has 0 saturated carbocycles. The van der Waals surface area contributed by atoms with E-state index in [0.717, 1.165) is 0 Å². The second-order valence-corrected chi connectivity index (χ2v) is 23.1. The van der Waals surface area contributed by atoms with Crippen LogP contribution >= 0.6 is 11.6 Å². The van der Waals surface area contributed by atoms with Crippen LogP contribution in [-0.2, 0) is 58.8 Å². The van der Waals surface area contributed by atoms with Gasteiger partial charge in [-0.05, 0) is 107 Å². The lowest BCUT2D eigenvalue weighted by atomic mass is 9.77. The predicted molar refractivity (Wildman–Crippen MR) is 294 cm³/mol. The molecule has 79 heavy (non-hydrogen) atoms. The van der Waals surface area contributed by atoms with Crippen LogP contribution < -0.4 is 16.1 Å².